The predicted octanol–water partition coefficient (Wildman–Crippen LogP) is 3.00. The number of carbonyl (C=O) groups is 1. The Hall–Kier alpha value is -2.61. The van der Waals surface area contributed by atoms with Crippen LogP contribution in [0.5, 0.6) is 0 Å². The van der Waals surface area contributed by atoms with Crippen LogP contribution in [0.3, 0.4) is 0 Å². The minimum atomic E-state index is -0.430. The number of benzene rings is 1. The lowest BCUT2D eigenvalue weighted by Gasteiger charge is -2.07. The van der Waals surface area contributed by atoms with Gasteiger partial charge in [-0.15, -0.1) is 0 Å². The van der Waals surface area contributed by atoms with E-state index in [1.807, 2.05) is 44.2 Å². The first kappa shape index (κ1) is 15.8. The SMILES string of the molecule is CC[C@@H](C#N)NC(=O)CCc1ncc(-c2ccc(C)cc2)o1. The van der Waals surface area contributed by atoms with Gasteiger partial charge in [-0.25, -0.2) is 4.98 Å². The number of hydrogen-bond donors (Lipinski definition) is 1. The number of amides is 1. The van der Waals surface area contributed by atoms with Gasteiger partial charge in [0.05, 0.1) is 12.3 Å². The summed E-state index contributed by atoms with van der Waals surface area (Å²) in [7, 11) is 0. The molecule has 22 heavy (non-hydrogen) atoms. The quantitative estimate of drug-likeness (QED) is 0.889. The van der Waals surface area contributed by atoms with Crippen LogP contribution in [-0.2, 0) is 11.2 Å². The van der Waals surface area contributed by atoms with Gasteiger partial charge in [0.2, 0.25) is 5.91 Å². The second-order valence-electron chi connectivity index (χ2n) is 5.14. The van der Waals surface area contributed by atoms with Crippen LogP contribution < -0.4 is 5.32 Å². The van der Waals surface area contributed by atoms with Crippen molar-refractivity contribution >= 4 is 5.91 Å². The second kappa shape index (κ2) is 7.41. The minimum absolute atomic E-state index is 0.163. The lowest BCUT2D eigenvalue weighted by Crippen LogP contribution is -2.33. The molecule has 2 rings (SSSR count). The van der Waals surface area contributed by atoms with E-state index >= 15 is 0 Å². The van der Waals surface area contributed by atoms with E-state index in [4.69, 9.17) is 9.68 Å². The average Bonchev–Trinajstić information content (AvgIpc) is 3.00. The van der Waals surface area contributed by atoms with Gasteiger partial charge in [0.15, 0.2) is 11.7 Å². The molecule has 0 unspecified atom stereocenters. The molecule has 0 bridgehead atoms. The molecule has 1 aromatic heterocycles. The molecule has 2 aromatic rings. The fraction of sp³-hybridized carbons (Fsp3) is 0.353. The van der Waals surface area contributed by atoms with Gasteiger partial charge >= 0.3 is 0 Å². The molecule has 0 aliphatic rings. The van der Waals surface area contributed by atoms with Crippen LogP contribution >= 0.6 is 0 Å². The largest absolute Gasteiger partial charge is 0.441 e. The number of aromatic nitrogens is 1. The third kappa shape index (κ3) is 4.19. The normalized spacial score (nSPS) is 11.7. The van der Waals surface area contributed by atoms with Gasteiger partial charge in [-0.1, -0.05) is 36.8 Å². The Bertz CT molecular complexity index is 668. The van der Waals surface area contributed by atoms with Crippen molar-refractivity contribution in [3.05, 3.63) is 41.9 Å². The Kier molecular flexibility index (Phi) is 5.31. The Morgan fingerprint density at radius 2 is 2.14 bits per heavy atom. The summed E-state index contributed by atoms with van der Waals surface area (Å²) in [6.45, 7) is 3.88. The van der Waals surface area contributed by atoms with Crippen LogP contribution in [0.2, 0.25) is 0 Å². The molecular weight excluding hydrogens is 278 g/mol. The number of hydrogen-bond acceptors (Lipinski definition) is 4. The molecule has 0 fully saturated rings. The molecule has 5 nitrogen and oxygen atoms in total. The standard InChI is InChI=1S/C17H19N3O2/c1-3-14(10-18)20-16(21)8-9-17-19-11-15(22-17)13-6-4-12(2)5-7-13/h4-7,11,14H,3,8-9H2,1-2H3,(H,20,21)/t14-/m0/s1. The van der Waals surface area contributed by atoms with Crippen LogP contribution in [0.15, 0.2) is 34.9 Å². The molecule has 0 aliphatic heterocycles. The number of aryl methyl sites for hydroxylation is 2. The molecule has 0 saturated carbocycles. The summed E-state index contributed by atoms with van der Waals surface area (Å²) >= 11 is 0. The van der Waals surface area contributed by atoms with Crippen molar-refractivity contribution < 1.29 is 9.21 Å². The maximum absolute atomic E-state index is 11.7. The lowest BCUT2D eigenvalue weighted by molar-refractivity contribution is -0.121. The van der Waals surface area contributed by atoms with Gasteiger partial charge in [0.25, 0.3) is 0 Å². The van der Waals surface area contributed by atoms with Crippen molar-refractivity contribution in [2.24, 2.45) is 0 Å². The van der Waals surface area contributed by atoms with Crippen molar-refractivity contribution in [1.82, 2.24) is 10.3 Å². The number of nitrogens with one attached hydrogen (secondary N) is 1. The molecule has 1 atom stereocenters. The molecule has 114 valence electrons. The van der Waals surface area contributed by atoms with Crippen molar-refractivity contribution in [3.63, 3.8) is 0 Å². The number of carbonyl (C=O) groups excluding carboxylic acids is 1. The van der Waals surface area contributed by atoms with E-state index in [0.29, 0.717) is 24.5 Å². The monoisotopic (exact) mass is 297 g/mol. The van der Waals surface area contributed by atoms with Crippen LogP contribution in [0.25, 0.3) is 11.3 Å². The number of nitriles is 1. The Morgan fingerprint density at radius 3 is 2.77 bits per heavy atom. The molecule has 1 aromatic carbocycles. The van der Waals surface area contributed by atoms with E-state index in [2.05, 4.69) is 10.3 Å². The summed E-state index contributed by atoms with van der Waals surface area (Å²) in [6, 6.07) is 9.59. The summed E-state index contributed by atoms with van der Waals surface area (Å²) in [5, 5.41) is 11.5. The highest BCUT2D eigenvalue weighted by Crippen LogP contribution is 2.21. The Morgan fingerprint density at radius 1 is 1.41 bits per heavy atom. The molecular formula is C17H19N3O2. The lowest BCUT2D eigenvalue weighted by atomic mass is 10.1. The molecule has 0 radical (unpaired) electrons. The first-order valence-corrected chi connectivity index (χ1v) is 7.33. The van der Waals surface area contributed by atoms with Gasteiger partial charge < -0.3 is 9.73 Å². The third-order valence-corrected chi connectivity index (χ3v) is 3.35. The average molecular weight is 297 g/mol. The van der Waals surface area contributed by atoms with Gasteiger partial charge in [-0.05, 0) is 13.3 Å². The van der Waals surface area contributed by atoms with Crippen molar-refractivity contribution in [2.45, 2.75) is 39.2 Å². The van der Waals surface area contributed by atoms with E-state index in [1.54, 1.807) is 6.20 Å². The first-order chi connectivity index (χ1) is 10.6. The van der Waals surface area contributed by atoms with Gasteiger partial charge in [-0.2, -0.15) is 5.26 Å². The highest BCUT2D eigenvalue weighted by Gasteiger charge is 2.11. The molecule has 0 saturated heterocycles. The molecule has 0 aliphatic carbocycles. The number of rotatable bonds is 6. The van der Waals surface area contributed by atoms with Crippen molar-refractivity contribution in [2.75, 3.05) is 0 Å². The van der Waals surface area contributed by atoms with E-state index in [0.717, 1.165) is 5.56 Å². The highest BCUT2D eigenvalue weighted by atomic mass is 16.4. The van der Waals surface area contributed by atoms with E-state index in [9.17, 15) is 4.79 Å². The van der Waals surface area contributed by atoms with E-state index in [1.165, 1.54) is 5.56 Å². The zero-order chi connectivity index (χ0) is 15.9. The van der Waals surface area contributed by atoms with Crippen LogP contribution in [-0.4, -0.2) is 16.9 Å². The van der Waals surface area contributed by atoms with Gasteiger partial charge in [0, 0.05) is 18.4 Å². The van der Waals surface area contributed by atoms with Crippen LogP contribution in [0.4, 0.5) is 0 Å². The fourth-order valence-electron chi connectivity index (χ4n) is 1.99. The maximum atomic E-state index is 11.7. The van der Waals surface area contributed by atoms with Crippen LogP contribution in [0, 0.1) is 18.3 Å². The zero-order valence-electron chi connectivity index (χ0n) is 12.8. The highest BCUT2D eigenvalue weighted by molar-refractivity contribution is 5.76. The first-order valence-electron chi connectivity index (χ1n) is 7.33. The molecule has 5 heteroatoms. The molecule has 1 amide bonds. The summed E-state index contributed by atoms with van der Waals surface area (Å²) in [5.41, 5.74) is 2.15. The zero-order valence-corrected chi connectivity index (χ0v) is 12.8. The van der Waals surface area contributed by atoms with E-state index in [-0.39, 0.29) is 12.3 Å². The topological polar surface area (TPSA) is 78.9 Å². The Balaban J connectivity index is 1.91. The molecule has 0 spiro atoms. The van der Waals surface area contributed by atoms with Gasteiger partial charge in [0.1, 0.15) is 6.04 Å². The second-order valence-corrected chi connectivity index (χ2v) is 5.14. The van der Waals surface area contributed by atoms with E-state index < -0.39 is 6.04 Å². The predicted molar refractivity (Wildman–Crippen MR) is 82.8 cm³/mol. The van der Waals surface area contributed by atoms with Crippen molar-refractivity contribution in [3.8, 4) is 17.4 Å². The van der Waals surface area contributed by atoms with Gasteiger partial charge in [-0.3, -0.25) is 4.79 Å². The third-order valence-electron chi connectivity index (χ3n) is 3.35. The summed E-state index contributed by atoms with van der Waals surface area (Å²) < 4.78 is 5.66. The maximum Gasteiger partial charge on any atom is 0.221 e. The fourth-order valence-corrected chi connectivity index (χ4v) is 1.99. The number of oxazole rings is 1. The molecule has 1 N–H and O–H groups in total. The van der Waals surface area contributed by atoms with Crippen molar-refractivity contribution in [1.29, 1.82) is 5.26 Å². The smallest absolute Gasteiger partial charge is 0.221 e. The summed E-state index contributed by atoms with van der Waals surface area (Å²) in [5.74, 6) is 1.05. The molecule has 1 heterocycles. The Labute approximate surface area is 130 Å². The minimum Gasteiger partial charge on any atom is -0.441 e. The summed E-state index contributed by atoms with van der Waals surface area (Å²) in [6.07, 6.45) is 2.94. The van der Waals surface area contributed by atoms with Crippen LogP contribution in [0.1, 0.15) is 31.2 Å². The summed E-state index contributed by atoms with van der Waals surface area (Å²) in [4.78, 5) is 15.9. The number of nitrogens with zero attached hydrogens (tertiary/aromatic N) is 2.